The lowest BCUT2D eigenvalue weighted by atomic mass is 10.1. The number of piperazine rings is 1. The molecule has 20 heavy (non-hydrogen) atoms. The van der Waals surface area contributed by atoms with Crippen molar-refractivity contribution in [3.05, 3.63) is 29.8 Å². The number of hydrogen-bond acceptors (Lipinski definition) is 3. The summed E-state index contributed by atoms with van der Waals surface area (Å²) in [5.41, 5.74) is 0.829. The zero-order chi connectivity index (χ0) is 13.9. The molecule has 0 radical (unpaired) electrons. The molecule has 1 aromatic rings. The van der Waals surface area contributed by atoms with Gasteiger partial charge in [-0.1, -0.05) is 12.1 Å². The molecule has 1 aromatic carbocycles. The summed E-state index contributed by atoms with van der Waals surface area (Å²) in [6, 6.07) is 6.57. The van der Waals surface area contributed by atoms with Crippen LogP contribution in [0.2, 0.25) is 0 Å². The number of ether oxygens (including phenoxy) is 1. The third-order valence-electron chi connectivity index (χ3n) is 2.99. The van der Waals surface area contributed by atoms with E-state index in [0.717, 1.165) is 25.2 Å². The molecule has 1 heterocycles. The summed E-state index contributed by atoms with van der Waals surface area (Å²) >= 11 is 0. The maximum atomic E-state index is 12.1. The van der Waals surface area contributed by atoms with Gasteiger partial charge in [-0.25, -0.2) is 0 Å². The zero-order valence-corrected chi connectivity index (χ0v) is 11.9. The van der Waals surface area contributed by atoms with Crippen molar-refractivity contribution < 1.29 is 17.9 Å². The van der Waals surface area contributed by atoms with Crippen molar-refractivity contribution in [2.24, 2.45) is 0 Å². The van der Waals surface area contributed by atoms with Crippen molar-refractivity contribution >= 4 is 12.4 Å². The van der Waals surface area contributed by atoms with Crippen molar-refractivity contribution in [2.45, 2.75) is 25.9 Å². The number of halogens is 4. The molecule has 0 bridgehead atoms. The van der Waals surface area contributed by atoms with E-state index in [-0.39, 0.29) is 18.2 Å². The minimum absolute atomic E-state index is 0. The summed E-state index contributed by atoms with van der Waals surface area (Å²) < 4.78 is 40.3. The summed E-state index contributed by atoms with van der Waals surface area (Å²) in [7, 11) is 0. The Bertz CT molecular complexity index is 428. The van der Waals surface area contributed by atoms with Crippen molar-refractivity contribution in [2.75, 3.05) is 19.6 Å². The van der Waals surface area contributed by atoms with Gasteiger partial charge in [0.15, 0.2) is 0 Å². The van der Waals surface area contributed by atoms with Gasteiger partial charge in [-0.15, -0.1) is 25.6 Å². The highest BCUT2D eigenvalue weighted by Gasteiger charge is 2.31. The van der Waals surface area contributed by atoms with Gasteiger partial charge in [-0.3, -0.25) is 4.90 Å². The highest BCUT2D eigenvalue weighted by molar-refractivity contribution is 5.85. The van der Waals surface area contributed by atoms with Crippen LogP contribution in [-0.4, -0.2) is 36.9 Å². The summed E-state index contributed by atoms with van der Waals surface area (Å²) in [6.45, 7) is 5.43. The molecule has 3 nitrogen and oxygen atoms in total. The Labute approximate surface area is 122 Å². The van der Waals surface area contributed by atoms with Gasteiger partial charge in [0.1, 0.15) is 5.75 Å². The third kappa shape index (κ3) is 5.56. The molecule has 2 rings (SSSR count). The van der Waals surface area contributed by atoms with E-state index < -0.39 is 6.36 Å². The number of nitrogens with one attached hydrogen (secondary N) is 1. The first-order chi connectivity index (χ1) is 8.92. The van der Waals surface area contributed by atoms with E-state index in [1.165, 1.54) is 12.1 Å². The van der Waals surface area contributed by atoms with Crippen LogP contribution < -0.4 is 10.1 Å². The fourth-order valence-electron chi connectivity index (χ4n) is 2.25. The van der Waals surface area contributed by atoms with Gasteiger partial charge in [0, 0.05) is 32.2 Å². The molecular weight excluding hydrogens is 293 g/mol. The molecule has 0 spiro atoms. The number of rotatable bonds is 3. The van der Waals surface area contributed by atoms with Crippen LogP contribution in [0.1, 0.15) is 12.5 Å². The number of benzene rings is 1. The maximum absolute atomic E-state index is 12.1. The van der Waals surface area contributed by atoms with Crippen LogP contribution in [0.5, 0.6) is 5.75 Å². The predicted octanol–water partition coefficient (Wildman–Crippen LogP) is 2.80. The fraction of sp³-hybridized carbons (Fsp3) is 0.538. The first kappa shape index (κ1) is 17.1. The van der Waals surface area contributed by atoms with Gasteiger partial charge in [0.2, 0.25) is 0 Å². The van der Waals surface area contributed by atoms with E-state index in [2.05, 4.69) is 21.9 Å². The Kier molecular flexibility index (Phi) is 6.10. The quantitative estimate of drug-likeness (QED) is 0.929. The predicted molar refractivity (Wildman–Crippen MR) is 73.1 cm³/mol. The van der Waals surface area contributed by atoms with Crippen molar-refractivity contribution in [1.82, 2.24) is 10.2 Å². The molecule has 114 valence electrons. The van der Waals surface area contributed by atoms with Crippen LogP contribution in [0.25, 0.3) is 0 Å². The second-order valence-electron chi connectivity index (χ2n) is 4.79. The first-order valence-corrected chi connectivity index (χ1v) is 6.23. The van der Waals surface area contributed by atoms with Gasteiger partial charge in [0.25, 0.3) is 0 Å². The van der Waals surface area contributed by atoms with Crippen molar-refractivity contribution in [1.29, 1.82) is 0 Å². The van der Waals surface area contributed by atoms with Gasteiger partial charge in [-0.2, -0.15) is 0 Å². The number of alkyl halides is 3. The lowest BCUT2D eigenvalue weighted by Gasteiger charge is -2.31. The smallest absolute Gasteiger partial charge is 0.406 e. The van der Waals surface area contributed by atoms with E-state index in [1.54, 1.807) is 6.07 Å². The molecule has 0 amide bonds. The van der Waals surface area contributed by atoms with Gasteiger partial charge in [0.05, 0.1) is 0 Å². The average Bonchev–Trinajstić information content (AvgIpc) is 2.27. The van der Waals surface area contributed by atoms with Crippen LogP contribution in [0, 0.1) is 0 Å². The van der Waals surface area contributed by atoms with Crippen molar-refractivity contribution in [3.8, 4) is 5.75 Å². The number of hydrogen-bond donors (Lipinski definition) is 1. The second kappa shape index (κ2) is 7.15. The molecular formula is C13H18ClF3N2O. The van der Waals surface area contributed by atoms with Crippen LogP contribution in [0.15, 0.2) is 24.3 Å². The molecule has 1 fully saturated rings. The summed E-state index contributed by atoms with van der Waals surface area (Å²) in [5.74, 6) is -0.159. The normalized spacial score (nSPS) is 20.3. The standard InChI is InChI=1S/C13H17F3N2O.ClH/c1-10-8-18(6-5-17-10)9-11-3-2-4-12(7-11)19-13(14,15)16;/h2-4,7,10,17H,5-6,8-9H2,1H3;1H. The molecule has 0 aliphatic carbocycles. The Morgan fingerprint density at radius 3 is 2.80 bits per heavy atom. The van der Waals surface area contributed by atoms with Gasteiger partial charge >= 0.3 is 6.36 Å². The summed E-state index contributed by atoms with van der Waals surface area (Å²) in [4.78, 5) is 2.22. The van der Waals surface area contributed by atoms with Crippen LogP contribution in [0.4, 0.5) is 13.2 Å². The Hall–Kier alpha value is -0.980. The van der Waals surface area contributed by atoms with Crippen molar-refractivity contribution in [3.63, 3.8) is 0 Å². The Morgan fingerprint density at radius 1 is 1.40 bits per heavy atom. The van der Waals surface area contributed by atoms with E-state index >= 15 is 0 Å². The third-order valence-corrected chi connectivity index (χ3v) is 2.99. The second-order valence-corrected chi connectivity index (χ2v) is 4.79. The highest BCUT2D eigenvalue weighted by atomic mass is 35.5. The lowest BCUT2D eigenvalue weighted by Crippen LogP contribution is -2.48. The highest BCUT2D eigenvalue weighted by Crippen LogP contribution is 2.23. The summed E-state index contributed by atoms with van der Waals surface area (Å²) in [6.07, 6.45) is -4.64. The summed E-state index contributed by atoms with van der Waals surface area (Å²) in [5, 5.41) is 3.33. The minimum Gasteiger partial charge on any atom is -0.406 e. The molecule has 7 heteroatoms. The largest absolute Gasteiger partial charge is 0.573 e. The molecule has 1 N–H and O–H groups in total. The maximum Gasteiger partial charge on any atom is 0.573 e. The monoisotopic (exact) mass is 310 g/mol. The zero-order valence-electron chi connectivity index (χ0n) is 11.1. The Morgan fingerprint density at radius 2 is 2.15 bits per heavy atom. The van der Waals surface area contributed by atoms with Crippen LogP contribution in [-0.2, 0) is 6.54 Å². The molecule has 0 aromatic heterocycles. The fourth-order valence-corrected chi connectivity index (χ4v) is 2.25. The topological polar surface area (TPSA) is 24.5 Å². The SMILES string of the molecule is CC1CN(Cc2cccc(OC(F)(F)F)c2)CCN1.Cl. The average molecular weight is 311 g/mol. The van der Waals surface area contributed by atoms with E-state index in [9.17, 15) is 13.2 Å². The molecule has 1 aliphatic heterocycles. The number of nitrogens with zero attached hydrogens (tertiary/aromatic N) is 1. The molecule has 1 aliphatic rings. The van der Waals surface area contributed by atoms with Crippen LogP contribution >= 0.6 is 12.4 Å². The van der Waals surface area contributed by atoms with Gasteiger partial charge in [-0.05, 0) is 24.6 Å². The van der Waals surface area contributed by atoms with Crippen LogP contribution in [0.3, 0.4) is 0 Å². The molecule has 1 unspecified atom stereocenters. The van der Waals surface area contributed by atoms with Gasteiger partial charge < -0.3 is 10.1 Å². The lowest BCUT2D eigenvalue weighted by molar-refractivity contribution is -0.274. The molecule has 0 saturated carbocycles. The van der Waals surface area contributed by atoms with E-state index in [0.29, 0.717) is 12.6 Å². The molecule has 1 saturated heterocycles. The van der Waals surface area contributed by atoms with E-state index in [1.807, 2.05) is 6.07 Å². The minimum atomic E-state index is -4.64. The van der Waals surface area contributed by atoms with E-state index in [4.69, 9.17) is 0 Å². The Balaban J connectivity index is 0.00000200. The molecule has 1 atom stereocenters. The first-order valence-electron chi connectivity index (χ1n) is 6.23.